The van der Waals surface area contributed by atoms with Crippen LogP contribution in [-0.2, 0) is 23.9 Å². The fourth-order valence-corrected chi connectivity index (χ4v) is 4.14. The van der Waals surface area contributed by atoms with Gasteiger partial charge in [-0.25, -0.2) is 0 Å². The van der Waals surface area contributed by atoms with Gasteiger partial charge in [0.2, 0.25) is 11.8 Å². The fourth-order valence-electron chi connectivity index (χ4n) is 4.01. The van der Waals surface area contributed by atoms with Crippen LogP contribution >= 0.6 is 11.6 Å². The van der Waals surface area contributed by atoms with Crippen LogP contribution in [-0.4, -0.2) is 48.6 Å². The van der Waals surface area contributed by atoms with Crippen LogP contribution in [0.4, 0.5) is 5.69 Å². The van der Waals surface area contributed by atoms with Crippen LogP contribution in [0.3, 0.4) is 0 Å². The van der Waals surface area contributed by atoms with Gasteiger partial charge in [-0.1, -0.05) is 18.2 Å². The summed E-state index contributed by atoms with van der Waals surface area (Å²) in [5.41, 5.74) is 0.798. The van der Waals surface area contributed by atoms with Crippen molar-refractivity contribution in [2.24, 2.45) is 5.92 Å². The molecule has 0 radical (unpaired) electrons. The maximum Gasteiger partial charge on any atom is 0.305 e. The first-order valence-electron chi connectivity index (χ1n) is 10.2. The number of nitrogens with one attached hydrogen (secondary N) is 1. The number of para-hydroxylation sites is 1. The van der Waals surface area contributed by atoms with E-state index in [1.165, 1.54) is 14.0 Å². The second-order valence-corrected chi connectivity index (χ2v) is 7.78. The van der Waals surface area contributed by atoms with Crippen LogP contribution in [0, 0.1) is 5.92 Å². The minimum atomic E-state index is -0.710. The zero-order valence-electron chi connectivity index (χ0n) is 17.4. The third kappa shape index (κ3) is 6.55. The van der Waals surface area contributed by atoms with E-state index < -0.39 is 12.0 Å². The maximum absolute atomic E-state index is 13.0. The summed E-state index contributed by atoms with van der Waals surface area (Å²) in [6, 6.07) is 8.65. The Morgan fingerprint density at radius 2 is 1.77 bits per heavy atom. The van der Waals surface area contributed by atoms with E-state index in [0.717, 1.165) is 5.69 Å². The number of benzene rings is 1. The van der Waals surface area contributed by atoms with Crippen molar-refractivity contribution < 1.29 is 23.9 Å². The van der Waals surface area contributed by atoms with Gasteiger partial charge in [-0.2, -0.15) is 0 Å². The number of anilines is 1. The molecule has 7 nitrogen and oxygen atoms in total. The summed E-state index contributed by atoms with van der Waals surface area (Å²) in [6.07, 6.45) is 2.82. The third-order valence-electron chi connectivity index (χ3n) is 5.47. The van der Waals surface area contributed by atoms with Gasteiger partial charge in [0.1, 0.15) is 5.88 Å². The Bertz CT molecular complexity index is 747. The number of carbonyl (C=O) groups excluding carboxylic acids is 4. The number of ether oxygens (including phenoxy) is 1. The molecule has 1 saturated carbocycles. The van der Waals surface area contributed by atoms with Gasteiger partial charge in [0, 0.05) is 31.0 Å². The standard InChI is InChI=1S/C22H29ClN2O5/c1-15(26)24-19(12-13-21(28)30-2)22(29)16-8-10-18(11-9-16)25(20(27)14-23)17-6-4-3-5-7-17/h3-7,16,18-19H,8-14H2,1-2H3,(H,24,26). The molecule has 1 aliphatic carbocycles. The lowest BCUT2D eigenvalue weighted by Crippen LogP contribution is -2.47. The molecule has 1 atom stereocenters. The molecule has 1 unspecified atom stereocenters. The number of rotatable bonds is 9. The molecule has 0 bridgehead atoms. The van der Waals surface area contributed by atoms with E-state index in [1.54, 1.807) is 4.90 Å². The Labute approximate surface area is 182 Å². The number of amides is 2. The van der Waals surface area contributed by atoms with E-state index >= 15 is 0 Å². The van der Waals surface area contributed by atoms with Crippen molar-refractivity contribution in [1.29, 1.82) is 0 Å². The number of hydrogen-bond donors (Lipinski definition) is 1. The molecule has 0 saturated heterocycles. The SMILES string of the molecule is COC(=O)CCC(NC(C)=O)C(=O)C1CCC(N(C(=O)CCl)c2ccccc2)CC1. The molecule has 0 heterocycles. The first-order chi connectivity index (χ1) is 14.4. The summed E-state index contributed by atoms with van der Waals surface area (Å²) < 4.78 is 4.64. The van der Waals surface area contributed by atoms with E-state index in [0.29, 0.717) is 25.7 Å². The average Bonchev–Trinajstić information content (AvgIpc) is 2.76. The molecule has 164 valence electrons. The lowest BCUT2D eigenvalue weighted by atomic mass is 9.80. The molecule has 1 aromatic rings. The van der Waals surface area contributed by atoms with Gasteiger partial charge in [0.25, 0.3) is 0 Å². The summed E-state index contributed by atoms with van der Waals surface area (Å²) in [4.78, 5) is 50.2. The van der Waals surface area contributed by atoms with Crippen LogP contribution < -0.4 is 10.2 Å². The molecule has 1 aliphatic rings. The molecule has 1 aromatic carbocycles. The summed E-state index contributed by atoms with van der Waals surface area (Å²) in [5, 5.41) is 2.67. The van der Waals surface area contributed by atoms with Crippen LogP contribution in [0.2, 0.25) is 0 Å². The first-order valence-corrected chi connectivity index (χ1v) is 10.7. The number of nitrogens with zero attached hydrogens (tertiary/aromatic N) is 1. The highest BCUT2D eigenvalue weighted by Gasteiger charge is 2.35. The summed E-state index contributed by atoms with van der Waals surface area (Å²) in [5.74, 6) is -1.28. The Kier molecular flexibility index (Phi) is 9.30. The zero-order chi connectivity index (χ0) is 22.1. The van der Waals surface area contributed by atoms with E-state index in [-0.39, 0.29) is 48.3 Å². The van der Waals surface area contributed by atoms with E-state index in [9.17, 15) is 19.2 Å². The Morgan fingerprint density at radius 3 is 2.30 bits per heavy atom. The summed E-state index contributed by atoms with van der Waals surface area (Å²) >= 11 is 5.83. The van der Waals surface area contributed by atoms with Gasteiger partial charge in [0.15, 0.2) is 5.78 Å². The highest BCUT2D eigenvalue weighted by atomic mass is 35.5. The van der Waals surface area contributed by atoms with E-state index in [1.807, 2.05) is 30.3 Å². The second-order valence-electron chi connectivity index (χ2n) is 7.51. The van der Waals surface area contributed by atoms with Gasteiger partial charge in [-0.05, 0) is 44.2 Å². The largest absolute Gasteiger partial charge is 0.469 e. The highest BCUT2D eigenvalue weighted by molar-refractivity contribution is 6.29. The average molecular weight is 437 g/mol. The fraction of sp³-hybridized carbons (Fsp3) is 0.545. The van der Waals surface area contributed by atoms with Crippen molar-refractivity contribution in [1.82, 2.24) is 5.32 Å². The van der Waals surface area contributed by atoms with Gasteiger partial charge in [-0.3, -0.25) is 19.2 Å². The number of Topliss-reactive ketones (excluding diaryl/α,β-unsaturated/α-hetero) is 1. The molecule has 2 amide bonds. The lowest BCUT2D eigenvalue weighted by Gasteiger charge is -2.37. The second kappa shape index (κ2) is 11.7. The number of halogens is 1. The van der Waals surface area contributed by atoms with Crippen LogP contribution in [0.1, 0.15) is 45.4 Å². The van der Waals surface area contributed by atoms with Crippen LogP contribution in [0.5, 0.6) is 0 Å². The molecular weight excluding hydrogens is 408 g/mol. The first kappa shape index (κ1) is 23.9. The molecule has 1 N–H and O–H groups in total. The molecule has 0 aliphatic heterocycles. The van der Waals surface area contributed by atoms with Gasteiger partial charge in [-0.15, -0.1) is 11.6 Å². The van der Waals surface area contributed by atoms with E-state index in [2.05, 4.69) is 10.1 Å². The molecule has 2 rings (SSSR count). The molecule has 1 fully saturated rings. The number of hydrogen-bond acceptors (Lipinski definition) is 5. The number of methoxy groups -OCH3 is 1. The number of alkyl halides is 1. The molecule has 0 aromatic heterocycles. The molecular formula is C22H29ClN2O5. The Hall–Kier alpha value is -2.41. The van der Waals surface area contributed by atoms with Gasteiger partial charge in [0.05, 0.1) is 13.2 Å². The Morgan fingerprint density at radius 1 is 1.13 bits per heavy atom. The van der Waals surface area contributed by atoms with Crippen LogP contribution in [0.15, 0.2) is 30.3 Å². The van der Waals surface area contributed by atoms with Gasteiger partial charge >= 0.3 is 5.97 Å². The summed E-state index contributed by atoms with van der Waals surface area (Å²) in [6.45, 7) is 1.35. The lowest BCUT2D eigenvalue weighted by molar-refractivity contribution is -0.141. The predicted octanol–water partition coefficient (Wildman–Crippen LogP) is 2.84. The van der Waals surface area contributed by atoms with Crippen molar-refractivity contribution in [2.45, 2.75) is 57.5 Å². The normalized spacial score (nSPS) is 19.4. The predicted molar refractivity (Wildman–Crippen MR) is 114 cm³/mol. The van der Waals surface area contributed by atoms with Gasteiger partial charge < -0.3 is 15.0 Å². The Balaban J connectivity index is 2.04. The van der Waals surface area contributed by atoms with Crippen molar-refractivity contribution in [3.05, 3.63) is 30.3 Å². The van der Waals surface area contributed by atoms with E-state index in [4.69, 9.17) is 11.6 Å². The number of esters is 1. The number of ketones is 1. The third-order valence-corrected chi connectivity index (χ3v) is 5.70. The van der Waals surface area contributed by atoms with Crippen molar-refractivity contribution >= 4 is 40.9 Å². The van der Waals surface area contributed by atoms with Crippen molar-refractivity contribution in [3.63, 3.8) is 0 Å². The zero-order valence-corrected chi connectivity index (χ0v) is 18.2. The highest BCUT2D eigenvalue weighted by Crippen LogP contribution is 2.32. The smallest absolute Gasteiger partial charge is 0.305 e. The van der Waals surface area contributed by atoms with Crippen LogP contribution in [0.25, 0.3) is 0 Å². The number of carbonyl (C=O) groups is 4. The minimum Gasteiger partial charge on any atom is -0.469 e. The molecule has 0 spiro atoms. The topological polar surface area (TPSA) is 92.8 Å². The molecule has 30 heavy (non-hydrogen) atoms. The minimum absolute atomic E-state index is 0.0306. The van der Waals surface area contributed by atoms with Crippen molar-refractivity contribution in [2.75, 3.05) is 17.9 Å². The van der Waals surface area contributed by atoms with Crippen molar-refractivity contribution in [3.8, 4) is 0 Å². The summed E-state index contributed by atoms with van der Waals surface area (Å²) in [7, 11) is 1.29. The monoisotopic (exact) mass is 436 g/mol. The molecule has 8 heteroatoms. The maximum atomic E-state index is 13.0. The quantitative estimate of drug-likeness (QED) is 0.474.